The van der Waals surface area contributed by atoms with Gasteiger partial charge in [-0.1, -0.05) is 0 Å². The van der Waals surface area contributed by atoms with Gasteiger partial charge in [-0.15, -0.1) is 0 Å². The van der Waals surface area contributed by atoms with Crippen molar-refractivity contribution in [3.05, 3.63) is 27.9 Å². The van der Waals surface area contributed by atoms with Gasteiger partial charge in [0.15, 0.2) is 0 Å². The summed E-state index contributed by atoms with van der Waals surface area (Å²) in [5, 5.41) is 19.8. The molecule has 0 aromatic carbocycles. The summed E-state index contributed by atoms with van der Waals surface area (Å²) in [4.78, 5) is 16.5. The molecule has 0 spiro atoms. The molecule has 1 fully saturated rings. The smallest absolute Gasteiger partial charge is 0.287 e. The van der Waals surface area contributed by atoms with Crippen LogP contribution in [0.4, 0.5) is 11.5 Å². The van der Waals surface area contributed by atoms with Crippen LogP contribution in [0.2, 0.25) is 0 Å². The van der Waals surface area contributed by atoms with E-state index in [1.165, 1.54) is 18.7 Å². The first-order valence-electron chi connectivity index (χ1n) is 6.12. The van der Waals surface area contributed by atoms with E-state index in [4.69, 9.17) is 5.11 Å². The molecule has 1 saturated carbocycles. The van der Waals surface area contributed by atoms with Crippen molar-refractivity contribution < 1.29 is 10.0 Å². The van der Waals surface area contributed by atoms with Crippen molar-refractivity contribution in [3.63, 3.8) is 0 Å². The van der Waals surface area contributed by atoms with E-state index in [0.717, 1.165) is 24.2 Å². The van der Waals surface area contributed by atoms with Crippen LogP contribution in [0.25, 0.3) is 0 Å². The molecule has 0 atom stereocenters. The predicted molar refractivity (Wildman–Crippen MR) is 67.7 cm³/mol. The van der Waals surface area contributed by atoms with Gasteiger partial charge in [0.2, 0.25) is 0 Å². The molecule has 1 N–H and O–H groups in total. The number of nitrogens with zero attached hydrogens (tertiary/aromatic N) is 3. The number of anilines is 1. The molecule has 0 amide bonds. The van der Waals surface area contributed by atoms with E-state index in [2.05, 4.69) is 9.88 Å². The quantitative estimate of drug-likeness (QED) is 0.635. The Hall–Kier alpha value is -1.69. The Morgan fingerprint density at radius 1 is 1.61 bits per heavy atom. The number of nitro groups is 1. The fourth-order valence-corrected chi connectivity index (χ4v) is 2.22. The lowest BCUT2D eigenvalue weighted by molar-refractivity contribution is -0.385. The van der Waals surface area contributed by atoms with E-state index in [-0.39, 0.29) is 12.3 Å². The normalized spacial score (nSPS) is 15.2. The lowest BCUT2D eigenvalue weighted by atomic mass is 9.91. The number of hydrogen-bond donors (Lipinski definition) is 1. The summed E-state index contributed by atoms with van der Waals surface area (Å²) < 4.78 is 0. The first kappa shape index (κ1) is 12.8. The summed E-state index contributed by atoms with van der Waals surface area (Å²) in [6, 6.07) is 1.94. The van der Waals surface area contributed by atoms with Gasteiger partial charge in [-0.2, -0.15) is 0 Å². The van der Waals surface area contributed by atoms with Crippen molar-refractivity contribution in [1.82, 2.24) is 4.98 Å². The molecule has 1 aromatic rings. The van der Waals surface area contributed by atoms with Crippen LogP contribution < -0.4 is 4.90 Å². The highest BCUT2D eigenvalue weighted by atomic mass is 16.6. The molecule has 6 nitrogen and oxygen atoms in total. The molecule has 0 aliphatic heterocycles. The first-order valence-corrected chi connectivity index (χ1v) is 6.12. The van der Waals surface area contributed by atoms with Crippen molar-refractivity contribution in [2.24, 2.45) is 0 Å². The van der Waals surface area contributed by atoms with Crippen LogP contribution in [0.3, 0.4) is 0 Å². The van der Waals surface area contributed by atoms with E-state index < -0.39 is 4.92 Å². The third kappa shape index (κ3) is 2.43. The summed E-state index contributed by atoms with van der Waals surface area (Å²) in [6.07, 6.45) is 4.67. The number of rotatable bonds is 5. The van der Waals surface area contributed by atoms with Gasteiger partial charge >= 0.3 is 0 Å². The monoisotopic (exact) mass is 251 g/mol. The first-order chi connectivity index (χ1) is 8.63. The van der Waals surface area contributed by atoms with E-state index in [1.54, 1.807) is 0 Å². The molecule has 1 heterocycles. The van der Waals surface area contributed by atoms with Gasteiger partial charge in [0, 0.05) is 18.7 Å². The minimum Gasteiger partial charge on any atom is -0.395 e. The second kappa shape index (κ2) is 5.30. The van der Waals surface area contributed by atoms with Crippen LogP contribution in [0, 0.1) is 17.0 Å². The van der Waals surface area contributed by atoms with Crippen molar-refractivity contribution in [2.75, 3.05) is 18.1 Å². The number of hydrogen-bond acceptors (Lipinski definition) is 5. The molecule has 2 rings (SSSR count). The minimum absolute atomic E-state index is 0.00816. The molecule has 0 bridgehead atoms. The van der Waals surface area contributed by atoms with Crippen LogP contribution in [0.5, 0.6) is 0 Å². The van der Waals surface area contributed by atoms with Crippen molar-refractivity contribution >= 4 is 11.5 Å². The molecule has 98 valence electrons. The fraction of sp³-hybridized carbons (Fsp3) is 0.583. The molecule has 1 aliphatic rings. The van der Waals surface area contributed by atoms with Gasteiger partial charge < -0.3 is 10.0 Å². The summed E-state index contributed by atoms with van der Waals surface area (Å²) >= 11 is 0. The zero-order chi connectivity index (χ0) is 13.1. The number of aryl methyl sites for hydroxylation is 1. The zero-order valence-electron chi connectivity index (χ0n) is 10.4. The maximum Gasteiger partial charge on any atom is 0.287 e. The predicted octanol–water partition coefficient (Wildman–Crippen LogP) is 1.65. The van der Waals surface area contributed by atoms with Crippen LogP contribution >= 0.6 is 0 Å². The highest BCUT2D eigenvalue weighted by molar-refractivity contribution is 5.51. The van der Waals surface area contributed by atoms with Gasteiger partial charge in [-0.25, -0.2) is 4.98 Å². The molecule has 0 radical (unpaired) electrons. The van der Waals surface area contributed by atoms with Crippen LogP contribution in [0.15, 0.2) is 12.3 Å². The molecular weight excluding hydrogens is 234 g/mol. The molecule has 1 aliphatic carbocycles. The van der Waals surface area contributed by atoms with Gasteiger partial charge in [0.05, 0.1) is 11.5 Å². The van der Waals surface area contributed by atoms with E-state index in [0.29, 0.717) is 12.6 Å². The second-order valence-corrected chi connectivity index (χ2v) is 4.59. The Balaban J connectivity index is 2.26. The summed E-state index contributed by atoms with van der Waals surface area (Å²) in [5.41, 5.74) is 0.790. The summed E-state index contributed by atoms with van der Waals surface area (Å²) in [5.74, 6) is 0.749. The van der Waals surface area contributed by atoms with Crippen LogP contribution in [-0.2, 0) is 0 Å². The Bertz CT molecular complexity index is 446. The molecule has 0 unspecified atom stereocenters. The average Bonchev–Trinajstić information content (AvgIpc) is 2.26. The standard InChI is InChI=1S/C12H17N3O3/c1-9-7-11(15(17)18)8-13-12(9)14(5-6-16)10-3-2-4-10/h7-8,10,16H,2-6H2,1H3. The Kier molecular flexibility index (Phi) is 3.76. The summed E-state index contributed by atoms with van der Waals surface area (Å²) in [7, 11) is 0. The topological polar surface area (TPSA) is 79.5 Å². The van der Waals surface area contributed by atoms with Crippen molar-refractivity contribution in [1.29, 1.82) is 0 Å². The summed E-state index contributed by atoms with van der Waals surface area (Å²) in [6.45, 7) is 2.41. The van der Waals surface area contributed by atoms with E-state index in [1.807, 2.05) is 6.92 Å². The zero-order valence-corrected chi connectivity index (χ0v) is 10.4. The van der Waals surface area contributed by atoms with Gasteiger partial charge in [0.1, 0.15) is 12.0 Å². The Labute approximate surface area is 105 Å². The van der Waals surface area contributed by atoms with Crippen molar-refractivity contribution in [2.45, 2.75) is 32.2 Å². The highest BCUT2D eigenvalue weighted by Crippen LogP contribution is 2.30. The van der Waals surface area contributed by atoms with Gasteiger partial charge in [-0.05, 0) is 31.7 Å². The molecule has 6 heteroatoms. The second-order valence-electron chi connectivity index (χ2n) is 4.59. The Morgan fingerprint density at radius 3 is 2.78 bits per heavy atom. The lowest BCUT2D eigenvalue weighted by Crippen LogP contribution is -2.42. The number of aromatic nitrogens is 1. The lowest BCUT2D eigenvalue weighted by Gasteiger charge is -2.38. The maximum atomic E-state index is 10.7. The third-order valence-electron chi connectivity index (χ3n) is 3.38. The van der Waals surface area contributed by atoms with E-state index in [9.17, 15) is 10.1 Å². The van der Waals surface area contributed by atoms with Gasteiger partial charge in [0.25, 0.3) is 5.69 Å². The number of pyridine rings is 1. The third-order valence-corrected chi connectivity index (χ3v) is 3.38. The minimum atomic E-state index is -0.441. The number of aliphatic hydroxyl groups excluding tert-OH is 1. The molecule has 18 heavy (non-hydrogen) atoms. The SMILES string of the molecule is Cc1cc([N+](=O)[O-])cnc1N(CCO)C1CCC1. The maximum absolute atomic E-state index is 10.7. The van der Waals surface area contributed by atoms with Crippen molar-refractivity contribution in [3.8, 4) is 0 Å². The average molecular weight is 251 g/mol. The van der Waals surface area contributed by atoms with Crippen LogP contribution in [-0.4, -0.2) is 34.2 Å². The number of aliphatic hydroxyl groups is 1. The molecular formula is C12H17N3O3. The van der Waals surface area contributed by atoms with Crippen LogP contribution in [0.1, 0.15) is 24.8 Å². The molecule has 0 saturated heterocycles. The van der Waals surface area contributed by atoms with E-state index >= 15 is 0 Å². The fourth-order valence-electron chi connectivity index (χ4n) is 2.22. The highest BCUT2D eigenvalue weighted by Gasteiger charge is 2.27. The van der Waals surface area contributed by atoms with Gasteiger partial charge in [-0.3, -0.25) is 10.1 Å². The molecule has 1 aromatic heterocycles. The Morgan fingerprint density at radius 2 is 2.33 bits per heavy atom. The largest absolute Gasteiger partial charge is 0.395 e.